The molecule has 0 atom stereocenters. The number of furan rings is 1. The topological polar surface area (TPSA) is 78.9 Å². The van der Waals surface area contributed by atoms with Gasteiger partial charge in [-0.3, -0.25) is 4.79 Å². The molecule has 6 nitrogen and oxygen atoms in total. The lowest BCUT2D eigenvalue weighted by Crippen LogP contribution is -2.11. The summed E-state index contributed by atoms with van der Waals surface area (Å²) in [5.41, 5.74) is 2.50. The molecule has 0 fully saturated rings. The molecule has 2 heterocycles. The van der Waals surface area contributed by atoms with Crippen molar-refractivity contribution >= 4 is 16.9 Å². The Morgan fingerprint density at radius 3 is 2.45 bits per heavy atom. The van der Waals surface area contributed by atoms with Gasteiger partial charge in [0.05, 0.1) is 23.8 Å². The van der Waals surface area contributed by atoms with Crippen LogP contribution in [0.4, 0.5) is 0 Å². The third-order valence-corrected chi connectivity index (χ3v) is 4.91. The summed E-state index contributed by atoms with van der Waals surface area (Å²) in [5, 5.41) is 0.460. The fourth-order valence-corrected chi connectivity index (χ4v) is 3.25. The number of carbonyl (C=O) groups is 1. The van der Waals surface area contributed by atoms with Crippen LogP contribution in [0.25, 0.3) is 22.5 Å². The van der Waals surface area contributed by atoms with E-state index in [0.717, 1.165) is 17.5 Å². The molecule has 0 saturated heterocycles. The highest BCUT2D eigenvalue weighted by atomic mass is 16.5. The molecule has 158 valence electrons. The van der Waals surface area contributed by atoms with Gasteiger partial charge < -0.3 is 18.3 Å². The lowest BCUT2D eigenvalue weighted by atomic mass is 10.1. The molecule has 4 rings (SSSR count). The van der Waals surface area contributed by atoms with Crippen LogP contribution in [0.15, 0.2) is 74.5 Å². The van der Waals surface area contributed by atoms with Gasteiger partial charge in [-0.25, -0.2) is 4.79 Å². The average molecular weight is 418 g/mol. The molecule has 0 spiro atoms. The second kappa shape index (κ2) is 8.92. The van der Waals surface area contributed by atoms with Crippen molar-refractivity contribution in [3.8, 4) is 17.3 Å². The average Bonchev–Trinajstić information content (AvgIpc) is 3.33. The van der Waals surface area contributed by atoms with E-state index in [4.69, 9.17) is 18.3 Å². The number of benzene rings is 2. The van der Waals surface area contributed by atoms with Crippen molar-refractivity contribution in [1.29, 1.82) is 0 Å². The highest BCUT2D eigenvalue weighted by Crippen LogP contribution is 2.32. The number of ether oxygens (including phenoxy) is 2. The van der Waals surface area contributed by atoms with Gasteiger partial charge >= 0.3 is 5.97 Å². The maximum absolute atomic E-state index is 13.3. The van der Waals surface area contributed by atoms with E-state index < -0.39 is 0 Å². The molecule has 0 saturated carbocycles. The Morgan fingerprint density at radius 1 is 1.00 bits per heavy atom. The maximum Gasteiger partial charge on any atom is 0.338 e. The van der Waals surface area contributed by atoms with Crippen LogP contribution in [0.1, 0.15) is 35.3 Å². The second-order valence-corrected chi connectivity index (χ2v) is 6.96. The number of esters is 1. The fourth-order valence-electron chi connectivity index (χ4n) is 3.25. The first-order valence-corrected chi connectivity index (χ1v) is 10.1. The highest BCUT2D eigenvalue weighted by molar-refractivity contribution is 5.89. The zero-order valence-electron chi connectivity index (χ0n) is 17.3. The lowest BCUT2D eigenvalue weighted by Gasteiger charge is -2.11. The van der Waals surface area contributed by atoms with E-state index in [9.17, 15) is 9.59 Å². The Bertz CT molecular complexity index is 1250. The Kier molecular flexibility index (Phi) is 5.89. The third kappa shape index (κ3) is 4.23. The van der Waals surface area contributed by atoms with Crippen molar-refractivity contribution in [2.24, 2.45) is 0 Å². The largest absolute Gasteiger partial charge is 0.481 e. The Hall–Kier alpha value is -3.80. The maximum atomic E-state index is 13.3. The molecule has 0 amide bonds. The molecule has 0 unspecified atom stereocenters. The van der Waals surface area contributed by atoms with E-state index in [1.165, 1.54) is 6.26 Å². The van der Waals surface area contributed by atoms with E-state index >= 15 is 0 Å². The van der Waals surface area contributed by atoms with Crippen LogP contribution in [0, 0.1) is 0 Å². The van der Waals surface area contributed by atoms with Crippen LogP contribution < -0.4 is 10.2 Å². The van der Waals surface area contributed by atoms with Crippen LogP contribution in [0.5, 0.6) is 5.75 Å². The standard InChI is InChI=1S/C25H22O6/c1-3-16-9-12-20-19(14-16)22(26)24(23(31-20)21-6-5-13-29-21)30-15-17-7-10-18(11-8-17)25(27)28-4-2/h5-14H,3-4,15H2,1-2H3. The molecule has 0 aliphatic heterocycles. The zero-order chi connectivity index (χ0) is 21.8. The van der Waals surface area contributed by atoms with Gasteiger partial charge in [0, 0.05) is 0 Å². The Morgan fingerprint density at radius 2 is 1.77 bits per heavy atom. The molecule has 0 radical (unpaired) electrons. The summed E-state index contributed by atoms with van der Waals surface area (Å²) < 4.78 is 22.4. The predicted octanol–water partition coefficient (Wildman–Crippen LogP) is 5.37. The first-order chi connectivity index (χ1) is 15.1. The van der Waals surface area contributed by atoms with Gasteiger partial charge in [0.25, 0.3) is 0 Å². The molecule has 0 bridgehead atoms. The van der Waals surface area contributed by atoms with Crippen molar-refractivity contribution in [1.82, 2.24) is 0 Å². The van der Waals surface area contributed by atoms with Crippen LogP contribution in [-0.4, -0.2) is 12.6 Å². The number of fused-ring (bicyclic) bond motifs is 1. The highest BCUT2D eigenvalue weighted by Gasteiger charge is 2.20. The molecule has 2 aromatic carbocycles. The summed E-state index contributed by atoms with van der Waals surface area (Å²) in [4.78, 5) is 25.1. The van der Waals surface area contributed by atoms with E-state index in [-0.39, 0.29) is 29.5 Å². The molecule has 0 N–H and O–H groups in total. The molecular formula is C25H22O6. The Labute approximate surface area is 179 Å². The number of hydrogen-bond donors (Lipinski definition) is 0. The smallest absolute Gasteiger partial charge is 0.338 e. The van der Waals surface area contributed by atoms with Crippen LogP contribution in [0.2, 0.25) is 0 Å². The summed E-state index contributed by atoms with van der Waals surface area (Å²) in [5.74, 6) is 0.364. The van der Waals surface area contributed by atoms with Gasteiger partial charge in [-0.15, -0.1) is 0 Å². The van der Waals surface area contributed by atoms with Gasteiger partial charge in [-0.05, 0) is 60.9 Å². The first kappa shape index (κ1) is 20.5. The monoisotopic (exact) mass is 418 g/mol. The van der Waals surface area contributed by atoms with Gasteiger partial charge in [0.1, 0.15) is 12.2 Å². The van der Waals surface area contributed by atoms with E-state index in [1.807, 2.05) is 19.1 Å². The predicted molar refractivity (Wildman–Crippen MR) is 116 cm³/mol. The summed E-state index contributed by atoms with van der Waals surface area (Å²) in [7, 11) is 0. The van der Waals surface area contributed by atoms with Crippen molar-refractivity contribution < 1.29 is 23.1 Å². The molecule has 2 aromatic heterocycles. The van der Waals surface area contributed by atoms with Crippen LogP contribution in [0.3, 0.4) is 0 Å². The summed E-state index contributed by atoms with van der Waals surface area (Å²) in [6.45, 7) is 4.23. The van der Waals surface area contributed by atoms with E-state index in [1.54, 1.807) is 49.4 Å². The molecule has 0 aliphatic carbocycles. The van der Waals surface area contributed by atoms with Gasteiger partial charge in [0.15, 0.2) is 5.76 Å². The minimum atomic E-state index is -0.378. The summed E-state index contributed by atoms with van der Waals surface area (Å²) in [6, 6.07) is 15.8. The summed E-state index contributed by atoms with van der Waals surface area (Å²) >= 11 is 0. The molecule has 6 heteroatoms. The second-order valence-electron chi connectivity index (χ2n) is 6.96. The van der Waals surface area contributed by atoms with Crippen molar-refractivity contribution in [3.05, 3.63) is 87.8 Å². The fraction of sp³-hybridized carbons (Fsp3) is 0.200. The number of carbonyl (C=O) groups excluding carboxylic acids is 1. The van der Waals surface area contributed by atoms with Crippen LogP contribution in [-0.2, 0) is 17.8 Å². The molecule has 31 heavy (non-hydrogen) atoms. The SMILES string of the molecule is CCOC(=O)c1ccc(COc2c(-c3ccco3)oc3ccc(CC)cc3c2=O)cc1. The third-order valence-electron chi connectivity index (χ3n) is 4.91. The van der Waals surface area contributed by atoms with Crippen LogP contribution >= 0.6 is 0 Å². The minimum Gasteiger partial charge on any atom is -0.481 e. The van der Waals surface area contributed by atoms with Gasteiger partial charge in [0.2, 0.25) is 16.9 Å². The van der Waals surface area contributed by atoms with Gasteiger partial charge in [-0.1, -0.05) is 25.1 Å². The molecule has 0 aliphatic rings. The molecule has 4 aromatic rings. The lowest BCUT2D eigenvalue weighted by molar-refractivity contribution is 0.0526. The normalized spacial score (nSPS) is 10.9. The Balaban J connectivity index is 1.69. The van der Waals surface area contributed by atoms with E-state index in [0.29, 0.717) is 28.9 Å². The minimum absolute atomic E-state index is 0.0881. The van der Waals surface area contributed by atoms with Crippen molar-refractivity contribution in [2.45, 2.75) is 26.9 Å². The quantitative estimate of drug-likeness (QED) is 0.375. The first-order valence-electron chi connectivity index (χ1n) is 10.1. The number of rotatable bonds is 7. The van der Waals surface area contributed by atoms with Crippen molar-refractivity contribution in [2.75, 3.05) is 6.61 Å². The van der Waals surface area contributed by atoms with E-state index in [2.05, 4.69) is 0 Å². The van der Waals surface area contributed by atoms with Gasteiger partial charge in [-0.2, -0.15) is 0 Å². The summed E-state index contributed by atoms with van der Waals surface area (Å²) in [6.07, 6.45) is 2.32. The zero-order valence-corrected chi connectivity index (χ0v) is 17.3. The number of hydrogen-bond acceptors (Lipinski definition) is 6. The van der Waals surface area contributed by atoms with Crippen molar-refractivity contribution in [3.63, 3.8) is 0 Å². The molecular weight excluding hydrogens is 396 g/mol. The number of aryl methyl sites for hydroxylation is 1.